The van der Waals surface area contributed by atoms with Crippen molar-refractivity contribution in [2.45, 2.75) is 26.2 Å². The minimum atomic E-state index is -0.774. The summed E-state index contributed by atoms with van der Waals surface area (Å²) in [6.07, 6.45) is 1.85. The standard InChI is InChI=1S/C70H47F4N4O.Pt/c1-70(2,3)49-30-31-75-67(38-49)78-63-25-11-10-20-61(63)62-29-28-55(42-66(62)78)79-56-37-48(68-57(44-16-6-4-7-17-44)21-14-22-58(68)45-18-8-5-9-19-45)36-54(41-56)76-43-77(65-27-13-12-26-64(65)76)69-59(46-32-50(71)39-51(72)33-46)23-15-24-60(69)47-34-52(73)40-53(74)35-47;/h4-40,43H,1-3H3;/q-3;. The molecule has 10 aromatic carbocycles. The van der Waals surface area contributed by atoms with Crippen LogP contribution in [0.4, 0.5) is 40.3 Å². The van der Waals surface area contributed by atoms with Gasteiger partial charge in [-0.25, -0.2) is 22.5 Å². The maximum atomic E-state index is 15.2. The molecule has 5 nitrogen and oxygen atoms in total. The quantitative estimate of drug-likeness (QED) is 0.101. The average molecular weight is 1230 g/mol. The Morgan fingerprint density at radius 2 is 1.01 bits per heavy atom. The van der Waals surface area contributed by atoms with Gasteiger partial charge in [0.05, 0.1) is 0 Å². The Morgan fingerprint density at radius 3 is 1.61 bits per heavy atom. The molecule has 0 amide bonds. The summed E-state index contributed by atoms with van der Waals surface area (Å²) in [5.41, 5.74) is 12.3. The van der Waals surface area contributed by atoms with Gasteiger partial charge in [0.2, 0.25) is 0 Å². The zero-order valence-corrected chi connectivity index (χ0v) is 45.7. The van der Waals surface area contributed by atoms with Crippen molar-refractivity contribution in [1.82, 2.24) is 9.55 Å². The summed E-state index contributed by atoms with van der Waals surface area (Å²) in [5, 5.41) is 2.03. The average Bonchev–Trinajstić information content (AvgIpc) is 4.06. The molecular formula is C70H47F4N4OPt-3. The van der Waals surface area contributed by atoms with Crippen LogP contribution in [0.15, 0.2) is 225 Å². The number of nitrogens with zero attached hydrogens (tertiary/aromatic N) is 4. The van der Waals surface area contributed by atoms with Gasteiger partial charge in [0.15, 0.2) is 0 Å². The molecule has 13 rings (SSSR count). The third-order valence-electron chi connectivity index (χ3n) is 14.5. The number of benzene rings is 10. The first-order chi connectivity index (χ1) is 38.4. The van der Waals surface area contributed by atoms with E-state index in [2.05, 4.69) is 116 Å². The van der Waals surface area contributed by atoms with E-state index in [4.69, 9.17) is 9.72 Å². The van der Waals surface area contributed by atoms with Gasteiger partial charge in [-0.05, 0) is 110 Å². The zero-order valence-electron chi connectivity index (χ0n) is 43.5. The smallest absolute Gasteiger partial charge is 0.135 e. The maximum Gasteiger partial charge on any atom is 0.135 e. The van der Waals surface area contributed by atoms with Crippen molar-refractivity contribution in [2.75, 3.05) is 9.80 Å². The molecule has 394 valence electrons. The van der Waals surface area contributed by atoms with Gasteiger partial charge < -0.3 is 19.1 Å². The van der Waals surface area contributed by atoms with Crippen molar-refractivity contribution in [2.24, 2.45) is 0 Å². The monoisotopic (exact) mass is 1230 g/mol. The van der Waals surface area contributed by atoms with Gasteiger partial charge in [0, 0.05) is 84.6 Å². The van der Waals surface area contributed by atoms with Crippen LogP contribution in [-0.2, 0) is 26.5 Å². The minimum Gasteiger partial charge on any atom is -0.509 e. The second kappa shape index (κ2) is 21.0. The number of aromatic nitrogens is 2. The van der Waals surface area contributed by atoms with E-state index in [1.165, 1.54) is 24.3 Å². The summed E-state index contributed by atoms with van der Waals surface area (Å²) >= 11 is 0. The molecule has 0 saturated heterocycles. The van der Waals surface area contributed by atoms with Crippen molar-refractivity contribution >= 4 is 44.6 Å². The molecule has 80 heavy (non-hydrogen) atoms. The molecule has 1 aliphatic rings. The molecule has 2 aromatic heterocycles. The molecule has 0 saturated carbocycles. The second-order valence-electron chi connectivity index (χ2n) is 20.6. The van der Waals surface area contributed by atoms with Gasteiger partial charge in [-0.1, -0.05) is 154 Å². The molecule has 0 atom stereocenters. The molecule has 12 aromatic rings. The van der Waals surface area contributed by atoms with Gasteiger partial charge in [-0.15, -0.1) is 53.6 Å². The Hall–Kier alpha value is -9.04. The van der Waals surface area contributed by atoms with E-state index in [1.807, 2.05) is 108 Å². The zero-order chi connectivity index (χ0) is 53.9. The molecule has 0 aliphatic carbocycles. The van der Waals surface area contributed by atoms with E-state index in [-0.39, 0.29) is 37.6 Å². The molecule has 3 heterocycles. The van der Waals surface area contributed by atoms with Gasteiger partial charge >= 0.3 is 0 Å². The Morgan fingerprint density at radius 1 is 0.463 bits per heavy atom. The van der Waals surface area contributed by atoms with Crippen molar-refractivity contribution in [3.63, 3.8) is 0 Å². The van der Waals surface area contributed by atoms with Gasteiger partial charge in [0.25, 0.3) is 0 Å². The number of para-hydroxylation sites is 4. The molecule has 0 bridgehead atoms. The van der Waals surface area contributed by atoms with E-state index in [0.717, 1.165) is 84.4 Å². The third-order valence-corrected chi connectivity index (χ3v) is 14.5. The topological polar surface area (TPSA) is 33.5 Å². The fourth-order valence-corrected chi connectivity index (χ4v) is 10.9. The predicted molar refractivity (Wildman–Crippen MR) is 310 cm³/mol. The summed E-state index contributed by atoms with van der Waals surface area (Å²) in [6.45, 7) is 8.43. The van der Waals surface area contributed by atoms with Crippen molar-refractivity contribution in [3.05, 3.63) is 272 Å². The predicted octanol–water partition coefficient (Wildman–Crippen LogP) is 19.2. The number of pyridine rings is 1. The molecule has 0 unspecified atom stereocenters. The van der Waals surface area contributed by atoms with Crippen LogP contribution in [0.25, 0.3) is 83.3 Å². The molecule has 0 fully saturated rings. The van der Waals surface area contributed by atoms with Crippen LogP contribution in [0.2, 0.25) is 0 Å². The van der Waals surface area contributed by atoms with E-state index >= 15 is 17.6 Å². The largest absolute Gasteiger partial charge is 0.509 e. The Bertz CT molecular complexity index is 4160. The Labute approximate surface area is 475 Å². The molecule has 10 heteroatoms. The van der Waals surface area contributed by atoms with Crippen molar-refractivity contribution in [3.8, 4) is 73.0 Å². The van der Waals surface area contributed by atoms with Gasteiger partial charge in [-0.2, -0.15) is 6.07 Å². The van der Waals surface area contributed by atoms with Gasteiger partial charge in [0.1, 0.15) is 29.1 Å². The summed E-state index contributed by atoms with van der Waals surface area (Å²) in [6, 6.07) is 74.2. The second-order valence-corrected chi connectivity index (χ2v) is 20.6. The number of halogens is 4. The molecule has 0 spiro atoms. The number of fused-ring (bicyclic) bond motifs is 4. The Kier molecular flexibility index (Phi) is 13.6. The number of anilines is 4. The van der Waals surface area contributed by atoms with Crippen molar-refractivity contribution in [1.29, 1.82) is 0 Å². The number of hydrogen-bond donors (Lipinski definition) is 0. The third kappa shape index (κ3) is 9.62. The van der Waals surface area contributed by atoms with Crippen LogP contribution in [0.1, 0.15) is 26.3 Å². The summed E-state index contributed by atoms with van der Waals surface area (Å²) in [7, 11) is 0. The van der Waals surface area contributed by atoms with Crippen LogP contribution in [0.5, 0.6) is 11.5 Å². The van der Waals surface area contributed by atoms with E-state index in [0.29, 0.717) is 39.7 Å². The first-order valence-corrected chi connectivity index (χ1v) is 25.9. The minimum absolute atomic E-state index is 0. The van der Waals surface area contributed by atoms with Crippen LogP contribution >= 0.6 is 0 Å². The number of ether oxygens (including phenoxy) is 1. The van der Waals surface area contributed by atoms with Crippen LogP contribution in [0.3, 0.4) is 0 Å². The molecule has 0 N–H and O–H groups in total. The van der Waals surface area contributed by atoms with E-state index in [1.54, 1.807) is 18.2 Å². The van der Waals surface area contributed by atoms with Crippen LogP contribution in [-0.4, -0.2) is 9.55 Å². The number of rotatable bonds is 10. The van der Waals surface area contributed by atoms with E-state index in [9.17, 15) is 0 Å². The Balaban J connectivity index is 0.00000637. The fraction of sp³-hybridized carbons (Fsp3) is 0.0571. The first-order valence-electron chi connectivity index (χ1n) is 25.9. The summed E-state index contributed by atoms with van der Waals surface area (Å²) in [5.74, 6) is -1.51. The first kappa shape index (κ1) is 51.7. The maximum absolute atomic E-state index is 15.2. The normalized spacial score (nSPS) is 12.2. The summed E-state index contributed by atoms with van der Waals surface area (Å²) < 4.78 is 70.0. The fourth-order valence-electron chi connectivity index (χ4n) is 10.9. The molecular weight excluding hydrogens is 1180 g/mol. The summed E-state index contributed by atoms with van der Waals surface area (Å²) in [4.78, 5) is 8.77. The van der Waals surface area contributed by atoms with Crippen LogP contribution in [0, 0.1) is 42.1 Å². The van der Waals surface area contributed by atoms with Crippen molar-refractivity contribution < 1.29 is 43.4 Å². The van der Waals surface area contributed by atoms with E-state index < -0.39 is 23.3 Å². The van der Waals surface area contributed by atoms with Gasteiger partial charge in [-0.3, -0.25) is 0 Å². The molecule has 1 aliphatic heterocycles. The van der Waals surface area contributed by atoms with Crippen LogP contribution < -0.4 is 14.5 Å². The number of hydrogen-bond acceptors (Lipinski definition) is 4. The molecule has 0 radical (unpaired) electrons. The SMILES string of the molecule is CC(C)(C)c1ccnc(-n2c3[c-]c(Oc4[c-]c(N5[CH-]N(c6c(-c7cc(F)cc(F)c7)cccc6-c6cc(F)cc(F)c6)c6ccccc65)cc(-c5c(-c6ccccc6)cccc5-c5ccccc5)c4)ccc3c3ccccc32)c1.[Pt].